The number of rotatable bonds is 4. The fourth-order valence-corrected chi connectivity index (χ4v) is 5.92. The lowest BCUT2D eigenvalue weighted by Crippen LogP contribution is -2.50. The monoisotopic (exact) mass is 454 g/mol. The topological polar surface area (TPSA) is 76.2 Å². The Kier molecular flexibility index (Phi) is 5.65. The Hall–Kier alpha value is -2.84. The Morgan fingerprint density at radius 2 is 1.62 bits per heavy atom. The van der Waals surface area contributed by atoms with E-state index >= 15 is 0 Å². The molecule has 0 saturated carbocycles. The van der Waals surface area contributed by atoms with E-state index in [1.807, 2.05) is 30.3 Å². The van der Waals surface area contributed by atoms with Gasteiger partial charge in [0, 0.05) is 32.3 Å². The number of nitrogens with zero attached hydrogens (tertiary/aromatic N) is 2. The number of carbonyl (C=O) groups excluding carboxylic acids is 1. The molecule has 5 rings (SSSR count). The first-order valence-electron chi connectivity index (χ1n) is 11.0. The van der Waals surface area contributed by atoms with Crippen LogP contribution in [0, 0.1) is 0 Å². The second kappa shape index (κ2) is 8.60. The quantitative estimate of drug-likeness (QED) is 0.664. The maximum Gasteiger partial charge on any atom is 0.246 e. The molecule has 8 heteroatoms. The Morgan fingerprint density at radius 1 is 0.875 bits per heavy atom. The van der Waals surface area contributed by atoms with Crippen molar-refractivity contribution in [3.63, 3.8) is 0 Å². The Bertz CT molecular complexity index is 1170. The van der Waals surface area contributed by atoms with Crippen LogP contribution in [0.25, 0.3) is 6.08 Å². The maximum atomic E-state index is 13.1. The van der Waals surface area contributed by atoms with Crippen LogP contribution >= 0.6 is 0 Å². The lowest BCUT2D eigenvalue weighted by molar-refractivity contribution is -0.127. The molecular formula is C24H26N2O5S. The number of carbonyl (C=O) groups is 1. The molecule has 0 bridgehead atoms. The van der Waals surface area contributed by atoms with Gasteiger partial charge in [-0.15, -0.1) is 0 Å². The van der Waals surface area contributed by atoms with Gasteiger partial charge in [0.2, 0.25) is 15.9 Å². The Balaban J connectivity index is 1.20. The Labute approximate surface area is 188 Å². The van der Waals surface area contributed by atoms with Crippen molar-refractivity contribution in [2.75, 3.05) is 39.4 Å². The molecule has 0 unspecified atom stereocenters. The third kappa shape index (κ3) is 4.12. The van der Waals surface area contributed by atoms with Gasteiger partial charge >= 0.3 is 0 Å². The van der Waals surface area contributed by atoms with E-state index in [0.717, 1.165) is 30.4 Å². The molecule has 0 N–H and O–H groups in total. The van der Waals surface area contributed by atoms with E-state index in [1.165, 1.54) is 15.9 Å². The number of piperazine rings is 1. The molecule has 7 nitrogen and oxygen atoms in total. The third-order valence-electron chi connectivity index (χ3n) is 6.24. The summed E-state index contributed by atoms with van der Waals surface area (Å²) < 4.78 is 38.7. The van der Waals surface area contributed by atoms with Crippen LogP contribution in [-0.4, -0.2) is 62.9 Å². The summed E-state index contributed by atoms with van der Waals surface area (Å²) in [5.74, 6) is 1.26. The lowest BCUT2D eigenvalue weighted by Gasteiger charge is -2.33. The Morgan fingerprint density at radius 3 is 2.44 bits per heavy atom. The fraction of sp³-hybridized carbons (Fsp3) is 0.375. The molecule has 1 saturated heterocycles. The summed E-state index contributed by atoms with van der Waals surface area (Å²) >= 11 is 0. The number of benzene rings is 2. The summed E-state index contributed by atoms with van der Waals surface area (Å²) in [7, 11) is -3.55. The van der Waals surface area contributed by atoms with Crippen LogP contribution in [0.1, 0.15) is 23.1 Å². The standard InChI is InChI=1S/C24H26N2O5S/c27-24(9-5-18-4-8-22-23(16-18)31-15-14-30-22)25-10-12-26(13-11-25)32(28,29)21-7-6-19-2-1-3-20(19)17-21/h4-9,16-17H,1-3,10-15H2. The zero-order chi connectivity index (χ0) is 22.1. The van der Waals surface area contributed by atoms with E-state index in [-0.39, 0.29) is 5.91 Å². The number of amides is 1. The number of aryl methyl sites for hydroxylation is 2. The summed E-state index contributed by atoms with van der Waals surface area (Å²) in [4.78, 5) is 14.7. The summed E-state index contributed by atoms with van der Waals surface area (Å²) in [5.41, 5.74) is 3.24. The van der Waals surface area contributed by atoms with Gasteiger partial charge in [0.05, 0.1) is 4.90 Å². The molecule has 2 aromatic carbocycles. The molecule has 0 aromatic heterocycles. The highest BCUT2D eigenvalue weighted by Crippen LogP contribution is 2.31. The smallest absolute Gasteiger partial charge is 0.246 e. The zero-order valence-electron chi connectivity index (χ0n) is 17.8. The number of fused-ring (bicyclic) bond motifs is 2. The summed E-state index contributed by atoms with van der Waals surface area (Å²) in [5, 5.41) is 0. The van der Waals surface area contributed by atoms with Gasteiger partial charge in [0.25, 0.3) is 0 Å². The van der Waals surface area contributed by atoms with E-state index < -0.39 is 10.0 Å². The largest absolute Gasteiger partial charge is 0.486 e. The molecule has 0 atom stereocenters. The van der Waals surface area contributed by atoms with Crippen LogP contribution in [-0.2, 0) is 27.7 Å². The lowest BCUT2D eigenvalue weighted by atomic mass is 10.1. The highest BCUT2D eigenvalue weighted by molar-refractivity contribution is 7.89. The molecule has 2 aromatic rings. The average Bonchev–Trinajstić information content (AvgIpc) is 3.30. The van der Waals surface area contributed by atoms with E-state index in [1.54, 1.807) is 17.0 Å². The van der Waals surface area contributed by atoms with Crippen molar-refractivity contribution in [2.24, 2.45) is 0 Å². The SMILES string of the molecule is O=C(C=Cc1ccc2c(c1)OCCO2)N1CCN(S(=O)(=O)c2ccc3c(c2)CCC3)CC1. The molecular weight excluding hydrogens is 428 g/mol. The van der Waals surface area contributed by atoms with Crippen LogP contribution in [0.4, 0.5) is 0 Å². The predicted molar refractivity (Wildman–Crippen MR) is 120 cm³/mol. The van der Waals surface area contributed by atoms with Gasteiger partial charge < -0.3 is 14.4 Å². The summed E-state index contributed by atoms with van der Waals surface area (Å²) in [6, 6.07) is 11.0. The van der Waals surface area contributed by atoms with Crippen LogP contribution in [0.5, 0.6) is 11.5 Å². The average molecular weight is 455 g/mol. The third-order valence-corrected chi connectivity index (χ3v) is 8.14. The minimum absolute atomic E-state index is 0.130. The van der Waals surface area contributed by atoms with Crippen molar-refractivity contribution in [3.8, 4) is 11.5 Å². The van der Waals surface area contributed by atoms with Crippen molar-refractivity contribution in [1.82, 2.24) is 9.21 Å². The van der Waals surface area contributed by atoms with Gasteiger partial charge in [-0.3, -0.25) is 4.79 Å². The van der Waals surface area contributed by atoms with Gasteiger partial charge in [-0.25, -0.2) is 8.42 Å². The molecule has 0 radical (unpaired) electrons. The zero-order valence-corrected chi connectivity index (χ0v) is 18.6. The van der Waals surface area contributed by atoms with Crippen molar-refractivity contribution in [3.05, 3.63) is 59.2 Å². The molecule has 2 aliphatic heterocycles. The first-order chi connectivity index (χ1) is 15.5. The predicted octanol–water partition coefficient (Wildman–Crippen LogP) is 2.49. The first kappa shape index (κ1) is 21.0. The maximum absolute atomic E-state index is 13.1. The molecule has 3 aliphatic rings. The van der Waals surface area contributed by atoms with Gasteiger partial charge in [-0.1, -0.05) is 12.1 Å². The van der Waals surface area contributed by atoms with Gasteiger partial charge in [-0.05, 0) is 66.3 Å². The van der Waals surface area contributed by atoms with Gasteiger partial charge in [-0.2, -0.15) is 4.31 Å². The van der Waals surface area contributed by atoms with Gasteiger partial charge in [0.15, 0.2) is 11.5 Å². The molecule has 0 spiro atoms. The van der Waals surface area contributed by atoms with Crippen LogP contribution in [0.3, 0.4) is 0 Å². The van der Waals surface area contributed by atoms with E-state index in [4.69, 9.17) is 9.47 Å². The minimum atomic E-state index is -3.55. The van der Waals surface area contributed by atoms with E-state index in [9.17, 15) is 13.2 Å². The minimum Gasteiger partial charge on any atom is -0.486 e. The molecule has 1 aliphatic carbocycles. The summed E-state index contributed by atoms with van der Waals surface area (Å²) in [6.07, 6.45) is 6.32. The van der Waals surface area contributed by atoms with Crippen LogP contribution in [0.15, 0.2) is 47.4 Å². The van der Waals surface area contributed by atoms with Crippen molar-refractivity contribution in [2.45, 2.75) is 24.2 Å². The van der Waals surface area contributed by atoms with Crippen molar-refractivity contribution < 1.29 is 22.7 Å². The number of ether oxygens (including phenoxy) is 2. The van der Waals surface area contributed by atoms with Gasteiger partial charge in [0.1, 0.15) is 13.2 Å². The summed E-state index contributed by atoms with van der Waals surface area (Å²) in [6.45, 7) is 2.38. The first-order valence-corrected chi connectivity index (χ1v) is 12.4. The number of sulfonamides is 1. The van der Waals surface area contributed by atoms with Crippen molar-refractivity contribution in [1.29, 1.82) is 0 Å². The number of hydrogen-bond acceptors (Lipinski definition) is 5. The van der Waals surface area contributed by atoms with Crippen LogP contribution in [0.2, 0.25) is 0 Å². The van der Waals surface area contributed by atoms with Crippen molar-refractivity contribution >= 4 is 22.0 Å². The van der Waals surface area contributed by atoms with E-state index in [2.05, 4.69) is 0 Å². The molecule has 1 fully saturated rings. The van der Waals surface area contributed by atoms with Crippen LogP contribution < -0.4 is 9.47 Å². The fourth-order valence-electron chi connectivity index (χ4n) is 4.44. The highest BCUT2D eigenvalue weighted by Gasteiger charge is 2.30. The molecule has 1 amide bonds. The second-order valence-electron chi connectivity index (χ2n) is 8.25. The molecule has 32 heavy (non-hydrogen) atoms. The molecule has 2 heterocycles. The van der Waals surface area contributed by atoms with E-state index in [0.29, 0.717) is 55.8 Å². The second-order valence-corrected chi connectivity index (χ2v) is 10.2. The highest BCUT2D eigenvalue weighted by atomic mass is 32.2. The molecule has 168 valence electrons. The normalized spacial score (nSPS) is 18.7. The number of hydrogen-bond donors (Lipinski definition) is 0.